The number of benzene rings is 2. The molecule has 1 aliphatic heterocycles. The van der Waals surface area contributed by atoms with Crippen molar-refractivity contribution >= 4 is 28.9 Å². The van der Waals surface area contributed by atoms with Gasteiger partial charge < -0.3 is 15.1 Å². The van der Waals surface area contributed by atoms with Crippen molar-refractivity contribution in [1.29, 1.82) is 0 Å². The first-order valence-electron chi connectivity index (χ1n) is 8.59. The number of rotatable bonds is 4. The first-order valence-corrected chi connectivity index (χ1v) is 8.97. The van der Waals surface area contributed by atoms with Gasteiger partial charge in [-0.15, -0.1) is 0 Å². The lowest BCUT2D eigenvalue weighted by Crippen LogP contribution is -2.44. The molecule has 2 aromatic rings. The molecule has 0 aromatic heterocycles. The monoisotopic (exact) mass is 357 g/mol. The highest BCUT2D eigenvalue weighted by molar-refractivity contribution is 6.30. The van der Waals surface area contributed by atoms with Gasteiger partial charge in [-0.05, 0) is 55.4 Å². The van der Waals surface area contributed by atoms with Crippen LogP contribution in [0, 0.1) is 6.92 Å². The summed E-state index contributed by atoms with van der Waals surface area (Å²) in [5.74, 6) is -0.0164. The van der Waals surface area contributed by atoms with Crippen molar-refractivity contribution in [3.05, 3.63) is 58.6 Å². The fourth-order valence-electron chi connectivity index (χ4n) is 3.08. The Bertz CT molecular complexity index is 737. The lowest BCUT2D eigenvalue weighted by Gasteiger charge is -2.34. The first kappa shape index (κ1) is 17.8. The van der Waals surface area contributed by atoms with Gasteiger partial charge in [0.2, 0.25) is 5.91 Å². The van der Waals surface area contributed by atoms with Gasteiger partial charge in [0.15, 0.2) is 0 Å². The summed E-state index contributed by atoms with van der Waals surface area (Å²) < 4.78 is 0. The number of amides is 1. The van der Waals surface area contributed by atoms with E-state index in [1.807, 2.05) is 30.3 Å². The standard InChI is InChI=1S/C20H24ClN3O/c1-15-11-18(14-19(12-15)24-9-7-23(2)8-10-24)22-20(25)13-16-3-5-17(21)6-4-16/h3-6,11-12,14H,7-10,13H2,1-2H3,(H,22,25). The van der Waals surface area contributed by atoms with Crippen molar-refractivity contribution in [3.63, 3.8) is 0 Å². The molecule has 3 rings (SSSR count). The first-order chi connectivity index (χ1) is 12.0. The SMILES string of the molecule is Cc1cc(NC(=O)Cc2ccc(Cl)cc2)cc(N2CCN(C)CC2)c1. The number of carbonyl (C=O) groups is 1. The number of likely N-dealkylation sites (N-methyl/N-ethyl adjacent to an activating group) is 1. The highest BCUT2D eigenvalue weighted by Gasteiger charge is 2.15. The summed E-state index contributed by atoms with van der Waals surface area (Å²) in [4.78, 5) is 17.1. The molecule has 0 atom stereocenters. The Morgan fingerprint density at radius 2 is 1.76 bits per heavy atom. The summed E-state index contributed by atoms with van der Waals surface area (Å²) >= 11 is 5.89. The predicted molar refractivity (Wildman–Crippen MR) is 105 cm³/mol. The normalized spacial score (nSPS) is 15.2. The second kappa shape index (κ2) is 7.89. The number of hydrogen-bond acceptors (Lipinski definition) is 3. The third-order valence-corrected chi connectivity index (χ3v) is 4.74. The minimum absolute atomic E-state index is 0.0164. The number of nitrogens with one attached hydrogen (secondary N) is 1. The average Bonchev–Trinajstić information content (AvgIpc) is 2.57. The minimum atomic E-state index is -0.0164. The molecule has 0 aliphatic carbocycles. The third-order valence-electron chi connectivity index (χ3n) is 4.49. The quantitative estimate of drug-likeness (QED) is 0.908. The Morgan fingerprint density at radius 1 is 1.08 bits per heavy atom. The van der Waals surface area contributed by atoms with Crippen molar-refractivity contribution in [2.24, 2.45) is 0 Å². The molecule has 4 nitrogen and oxygen atoms in total. The molecule has 5 heteroatoms. The maximum absolute atomic E-state index is 12.3. The Hall–Kier alpha value is -2.04. The van der Waals surface area contributed by atoms with E-state index in [9.17, 15) is 4.79 Å². The van der Waals surface area contributed by atoms with E-state index in [0.717, 1.165) is 43.0 Å². The second-order valence-corrected chi connectivity index (χ2v) is 7.14. The molecule has 1 fully saturated rings. The van der Waals surface area contributed by atoms with E-state index in [2.05, 4.69) is 41.2 Å². The molecule has 132 valence electrons. The zero-order valence-corrected chi connectivity index (χ0v) is 15.5. The zero-order valence-electron chi connectivity index (χ0n) is 14.8. The van der Waals surface area contributed by atoms with Crippen LogP contribution in [0.3, 0.4) is 0 Å². The van der Waals surface area contributed by atoms with Gasteiger partial charge in [-0.3, -0.25) is 4.79 Å². The van der Waals surface area contributed by atoms with Gasteiger partial charge in [0.05, 0.1) is 6.42 Å². The second-order valence-electron chi connectivity index (χ2n) is 6.70. The highest BCUT2D eigenvalue weighted by Crippen LogP contribution is 2.23. The molecule has 0 radical (unpaired) electrons. The lowest BCUT2D eigenvalue weighted by molar-refractivity contribution is -0.115. The van der Waals surface area contributed by atoms with E-state index in [1.165, 1.54) is 5.69 Å². The van der Waals surface area contributed by atoms with E-state index in [1.54, 1.807) is 0 Å². The number of anilines is 2. The number of aryl methyl sites for hydroxylation is 1. The van der Waals surface area contributed by atoms with E-state index < -0.39 is 0 Å². The topological polar surface area (TPSA) is 35.6 Å². The predicted octanol–water partition coefficient (Wildman–Crippen LogP) is 3.58. The highest BCUT2D eigenvalue weighted by atomic mass is 35.5. The van der Waals surface area contributed by atoms with Crippen LogP contribution in [0.25, 0.3) is 0 Å². The fraction of sp³-hybridized carbons (Fsp3) is 0.350. The van der Waals surface area contributed by atoms with Gasteiger partial charge in [-0.1, -0.05) is 23.7 Å². The molecule has 0 saturated carbocycles. The Balaban J connectivity index is 1.67. The van der Waals surface area contributed by atoms with E-state index in [-0.39, 0.29) is 5.91 Å². The van der Waals surface area contributed by atoms with Crippen LogP contribution in [-0.4, -0.2) is 44.0 Å². The van der Waals surface area contributed by atoms with Crippen molar-refractivity contribution in [2.75, 3.05) is 43.4 Å². The summed E-state index contributed by atoms with van der Waals surface area (Å²) in [7, 11) is 2.15. The Morgan fingerprint density at radius 3 is 2.44 bits per heavy atom. The molecule has 0 unspecified atom stereocenters. The van der Waals surface area contributed by atoms with Crippen LogP contribution in [0.2, 0.25) is 5.02 Å². The molecule has 25 heavy (non-hydrogen) atoms. The van der Waals surface area contributed by atoms with Gasteiger partial charge in [-0.2, -0.15) is 0 Å². The van der Waals surface area contributed by atoms with Crippen LogP contribution in [-0.2, 0) is 11.2 Å². The molecule has 1 N–H and O–H groups in total. The number of halogens is 1. The number of nitrogens with zero attached hydrogens (tertiary/aromatic N) is 2. The number of carbonyl (C=O) groups excluding carboxylic acids is 1. The van der Waals surface area contributed by atoms with Crippen LogP contribution in [0.5, 0.6) is 0 Å². The van der Waals surface area contributed by atoms with Gasteiger partial charge in [0.25, 0.3) is 0 Å². The Kier molecular flexibility index (Phi) is 5.61. The van der Waals surface area contributed by atoms with E-state index in [4.69, 9.17) is 11.6 Å². The van der Waals surface area contributed by atoms with Crippen LogP contribution in [0.4, 0.5) is 11.4 Å². The fourth-order valence-corrected chi connectivity index (χ4v) is 3.20. The molecule has 2 aromatic carbocycles. The molecule has 0 spiro atoms. The summed E-state index contributed by atoms with van der Waals surface area (Å²) in [6, 6.07) is 13.6. The molecule has 1 saturated heterocycles. The van der Waals surface area contributed by atoms with Crippen LogP contribution >= 0.6 is 11.6 Å². The van der Waals surface area contributed by atoms with Crippen molar-refractivity contribution in [1.82, 2.24) is 4.90 Å². The van der Waals surface area contributed by atoms with E-state index >= 15 is 0 Å². The summed E-state index contributed by atoms with van der Waals surface area (Å²) in [6.07, 6.45) is 0.342. The smallest absolute Gasteiger partial charge is 0.228 e. The summed E-state index contributed by atoms with van der Waals surface area (Å²) in [5, 5.41) is 3.71. The van der Waals surface area contributed by atoms with Gasteiger partial charge >= 0.3 is 0 Å². The Labute approximate surface area is 154 Å². The van der Waals surface area contributed by atoms with Crippen molar-refractivity contribution in [3.8, 4) is 0 Å². The van der Waals surface area contributed by atoms with Crippen LogP contribution < -0.4 is 10.2 Å². The lowest BCUT2D eigenvalue weighted by atomic mass is 10.1. The van der Waals surface area contributed by atoms with Gasteiger partial charge in [0.1, 0.15) is 0 Å². The van der Waals surface area contributed by atoms with Crippen LogP contribution in [0.15, 0.2) is 42.5 Å². The van der Waals surface area contributed by atoms with Gasteiger partial charge in [0, 0.05) is 42.6 Å². The molecule has 0 bridgehead atoms. The molecule has 1 heterocycles. The van der Waals surface area contributed by atoms with Crippen molar-refractivity contribution < 1.29 is 4.79 Å². The number of piperazine rings is 1. The van der Waals surface area contributed by atoms with Gasteiger partial charge in [-0.25, -0.2) is 0 Å². The molecule has 1 aliphatic rings. The average molecular weight is 358 g/mol. The van der Waals surface area contributed by atoms with Crippen molar-refractivity contribution in [2.45, 2.75) is 13.3 Å². The summed E-state index contributed by atoms with van der Waals surface area (Å²) in [5.41, 5.74) is 4.13. The van der Waals surface area contributed by atoms with Crippen LogP contribution in [0.1, 0.15) is 11.1 Å². The number of hydrogen-bond donors (Lipinski definition) is 1. The zero-order chi connectivity index (χ0) is 17.8. The molecular formula is C20H24ClN3O. The molecular weight excluding hydrogens is 334 g/mol. The summed E-state index contributed by atoms with van der Waals surface area (Å²) in [6.45, 7) is 6.21. The third kappa shape index (κ3) is 4.97. The minimum Gasteiger partial charge on any atom is -0.369 e. The molecule has 1 amide bonds. The van der Waals surface area contributed by atoms with E-state index in [0.29, 0.717) is 11.4 Å². The largest absolute Gasteiger partial charge is 0.369 e. The maximum Gasteiger partial charge on any atom is 0.228 e. The maximum atomic E-state index is 12.3.